The second-order valence-electron chi connectivity index (χ2n) is 5.62. The van der Waals surface area contributed by atoms with E-state index < -0.39 is 0 Å². The van der Waals surface area contributed by atoms with E-state index in [-0.39, 0.29) is 12.0 Å². The molecule has 1 aromatic carbocycles. The molecule has 1 saturated heterocycles. The maximum atomic E-state index is 12.7. The maximum Gasteiger partial charge on any atom is 0.278 e. The van der Waals surface area contributed by atoms with Crippen LogP contribution in [0.2, 0.25) is 0 Å². The molecule has 2 aromatic heterocycles. The average Bonchev–Trinajstić information content (AvgIpc) is 3.30. The van der Waals surface area contributed by atoms with Gasteiger partial charge in [-0.3, -0.25) is 4.79 Å². The standard InChI is InChI=1S/C16H15N5O3S/c1-23-14-15(18-6-5-17-14)24-11-4-7-21(9-11)16(22)10-2-3-12-13(8-10)20-25-19-12/h2-3,5-6,8,11H,4,7,9H2,1H3. The molecule has 3 heterocycles. The van der Waals surface area contributed by atoms with Crippen molar-refractivity contribution in [3.63, 3.8) is 0 Å². The summed E-state index contributed by atoms with van der Waals surface area (Å²) in [5.74, 6) is 0.653. The van der Waals surface area contributed by atoms with Gasteiger partial charge in [-0.15, -0.1) is 0 Å². The Balaban J connectivity index is 1.45. The number of fused-ring (bicyclic) bond motifs is 1. The van der Waals surface area contributed by atoms with E-state index in [9.17, 15) is 4.79 Å². The van der Waals surface area contributed by atoms with Crippen LogP contribution in [-0.4, -0.2) is 55.8 Å². The number of likely N-dealkylation sites (tertiary alicyclic amines) is 1. The zero-order valence-electron chi connectivity index (χ0n) is 13.5. The highest BCUT2D eigenvalue weighted by atomic mass is 32.1. The van der Waals surface area contributed by atoms with Crippen LogP contribution >= 0.6 is 11.7 Å². The van der Waals surface area contributed by atoms with Crippen molar-refractivity contribution in [2.45, 2.75) is 12.5 Å². The molecule has 0 radical (unpaired) electrons. The highest BCUT2D eigenvalue weighted by molar-refractivity contribution is 7.00. The van der Waals surface area contributed by atoms with E-state index in [2.05, 4.69) is 18.7 Å². The lowest BCUT2D eigenvalue weighted by molar-refractivity contribution is 0.0770. The topological polar surface area (TPSA) is 90.3 Å². The number of carbonyl (C=O) groups excluding carboxylic acids is 1. The summed E-state index contributed by atoms with van der Waals surface area (Å²) in [5.41, 5.74) is 2.16. The molecule has 1 atom stereocenters. The van der Waals surface area contributed by atoms with Gasteiger partial charge in [-0.2, -0.15) is 8.75 Å². The molecule has 128 valence electrons. The minimum absolute atomic E-state index is 0.0351. The van der Waals surface area contributed by atoms with Crippen LogP contribution in [0.5, 0.6) is 11.8 Å². The number of nitrogens with zero attached hydrogens (tertiary/aromatic N) is 5. The van der Waals surface area contributed by atoms with Gasteiger partial charge in [0.2, 0.25) is 0 Å². The lowest BCUT2D eigenvalue weighted by Crippen LogP contribution is -2.31. The van der Waals surface area contributed by atoms with Crippen molar-refractivity contribution >= 4 is 28.7 Å². The van der Waals surface area contributed by atoms with E-state index in [1.807, 2.05) is 6.07 Å². The first-order chi connectivity index (χ1) is 12.2. The van der Waals surface area contributed by atoms with E-state index in [4.69, 9.17) is 9.47 Å². The zero-order valence-corrected chi connectivity index (χ0v) is 14.3. The van der Waals surface area contributed by atoms with Crippen molar-refractivity contribution in [1.29, 1.82) is 0 Å². The normalized spacial score (nSPS) is 17.0. The highest BCUT2D eigenvalue weighted by Crippen LogP contribution is 2.25. The Morgan fingerprint density at radius 2 is 2.00 bits per heavy atom. The van der Waals surface area contributed by atoms with Crippen molar-refractivity contribution in [1.82, 2.24) is 23.6 Å². The maximum absolute atomic E-state index is 12.7. The third-order valence-electron chi connectivity index (χ3n) is 4.04. The summed E-state index contributed by atoms with van der Waals surface area (Å²) < 4.78 is 19.3. The van der Waals surface area contributed by atoms with E-state index in [1.54, 1.807) is 29.4 Å². The lowest BCUT2D eigenvalue weighted by Gasteiger charge is -2.17. The van der Waals surface area contributed by atoms with Crippen molar-refractivity contribution in [2.24, 2.45) is 0 Å². The van der Waals surface area contributed by atoms with Crippen LogP contribution in [0.4, 0.5) is 0 Å². The number of amides is 1. The molecule has 1 amide bonds. The number of benzene rings is 1. The van der Waals surface area contributed by atoms with Gasteiger partial charge in [0.05, 0.1) is 25.4 Å². The molecule has 4 rings (SSSR count). The Labute approximate surface area is 147 Å². The third-order valence-corrected chi connectivity index (χ3v) is 4.59. The molecule has 1 aliphatic rings. The molecule has 1 unspecified atom stereocenters. The van der Waals surface area contributed by atoms with Gasteiger partial charge in [0.25, 0.3) is 17.7 Å². The van der Waals surface area contributed by atoms with Gasteiger partial charge < -0.3 is 14.4 Å². The number of aromatic nitrogens is 4. The van der Waals surface area contributed by atoms with Gasteiger partial charge in [-0.05, 0) is 18.2 Å². The van der Waals surface area contributed by atoms with Crippen LogP contribution in [-0.2, 0) is 0 Å². The Morgan fingerprint density at radius 1 is 1.20 bits per heavy atom. The first kappa shape index (κ1) is 15.7. The summed E-state index contributed by atoms with van der Waals surface area (Å²) in [6.07, 6.45) is 3.68. The summed E-state index contributed by atoms with van der Waals surface area (Å²) in [6.45, 7) is 1.12. The Morgan fingerprint density at radius 3 is 2.84 bits per heavy atom. The van der Waals surface area contributed by atoms with Gasteiger partial charge in [-0.25, -0.2) is 9.97 Å². The van der Waals surface area contributed by atoms with Gasteiger partial charge in [0.15, 0.2) is 0 Å². The highest BCUT2D eigenvalue weighted by Gasteiger charge is 2.29. The molecule has 0 N–H and O–H groups in total. The van der Waals surface area contributed by atoms with Gasteiger partial charge in [0.1, 0.15) is 17.1 Å². The van der Waals surface area contributed by atoms with Crippen LogP contribution in [0.3, 0.4) is 0 Å². The fourth-order valence-corrected chi connectivity index (χ4v) is 3.32. The molecule has 1 fully saturated rings. The van der Waals surface area contributed by atoms with Crippen molar-refractivity contribution < 1.29 is 14.3 Å². The second kappa shape index (κ2) is 6.60. The second-order valence-corrected chi connectivity index (χ2v) is 6.15. The number of carbonyl (C=O) groups is 1. The van der Waals surface area contributed by atoms with Crippen LogP contribution < -0.4 is 9.47 Å². The fourth-order valence-electron chi connectivity index (χ4n) is 2.80. The number of hydrogen-bond acceptors (Lipinski definition) is 8. The van der Waals surface area contributed by atoms with E-state index >= 15 is 0 Å². The minimum Gasteiger partial charge on any atom is -0.477 e. The lowest BCUT2D eigenvalue weighted by atomic mass is 10.2. The van der Waals surface area contributed by atoms with Crippen LogP contribution in [0.15, 0.2) is 30.6 Å². The van der Waals surface area contributed by atoms with Crippen molar-refractivity contribution in [3.8, 4) is 11.8 Å². The van der Waals surface area contributed by atoms with Gasteiger partial charge in [-0.1, -0.05) is 0 Å². The Bertz CT molecular complexity index is 915. The molecule has 25 heavy (non-hydrogen) atoms. The molecule has 0 spiro atoms. The molecule has 0 aliphatic carbocycles. The average molecular weight is 357 g/mol. The first-order valence-corrected chi connectivity index (χ1v) is 8.51. The molecule has 3 aromatic rings. The number of rotatable bonds is 4. The van der Waals surface area contributed by atoms with Crippen molar-refractivity contribution in [3.05, 3.63) is 36.2 Å². The Kier molecular flexibility index (Phi) is 4.14. The van der Waals surface area contributed by atoms with Crippen LogP contribution in [0.1, 0.15) is 16.8 Å². The predicted molar refractivity (Wildman–Crippen MR) is 90.9 cm³/mol. The predicted octanol–water partition coefficient (Wildman–Crippen LogP) is 1.78. The molecular formula is C16H15N5O3S. The van der Waals surface area contributed by atoms with Gasteiger partial charge >= 0.3 is 0 Å². The fraction of sp³-hybridized carbons (Fsp3) is 0.312. The molecule has 8 nitrogen and oxygen atoms in total. The van der Waals surface area contributed by atoms with E-state index in [1.165, 1.54) is 7.11 Å². The summed E-state index contributed by atoms with van der Waals surface area (Å²) in [6, 6.07) is 5.38. The smallest absolute Gasteiger partial charge is 0.278 e. The first-order valence-electron chi connectivity index (χ1n) is 7.78. The van der Waals surface area contributed by atoms with Crippen LogP contribution in [0, 0.1) is 0 Å². The van der Waals surface area contributed by atoms with E-state index in [0.717, 1.165) is 29.2 Å². The molecule has 0 saturated carbocycles. The van der Waals surface area contributed by atoms with E-state index in [0.29, 0.717) is 30.4 Å². The summed E-state index contributed by atoms with van der Waals surface area (Å²) in [4.78, 5) is 22.7. The largest absolute Gasteiger partial charge is 0.477 e. The number of methoxy groups -OCH3 is 1. The van der Waals surface area contributed by atoms with Crippen LogP contribution in [0.25, 0.3) is 11.0 Å². The van der Waals surface area contributed by atoms with Gasteiger partial charge in [0, 0.05) is 30.9 Å². The quantitative estimate of drug-likeness (QED) is 0.703. The monoisotopic (exact) mass is 357 g/mol. The minimum atomic E-state index is -0.140. The summed E-state index contributed by atoms with van der Waals surface area (Å²) in [7, 11) is 1.52. The third kappa shape index (κ3) is 3.10. The summed E-state index contributed by atoms with van der Waals surface area (Å²) >= 11 is 1.14. The van der Waals surface area contributed by atoms with Crippen molar-refractivity contribution in [2.75, 3.05) is 20.2 Å². The molecule has 9 heteroatoms. The SMILES string of the molecule is COc1nccnc1OC1CCN(C(=O)c2ccc3nsnc3c2)C1. The summed E-state index contributed by atoms with van der Waals surface area (Å²) in [5, 5.41) is 0. The molecule has 0 bridgehead atoms. The number of hydrogen-bond donors (Lipinski definition) is 0. The zero-order chi connectivity index (χ0) is 17.2. The Hall–Kier alpha value is -2.81. The molecular weight excluding hydrogens is 342 g/mol. The molecule has 1 aliphatic heterocycles. The number of ether oxygens (including phenoxy) is 2.